The maximum atomic E-state index is 12.2. The Balaban J connectivity index is 1.63. The van der Waals surface area contributed by atoms with E-state index in [1.54, 1.807) is 30.3 Å². The number of fused-ring (bicyclic) bond motifs is 1. The molecule has 0 saturated heterocycles. The molecule has 128 valence electrons. The number of hydrogen-bond donors (Lipinski definition) is 0. The van der Waals surface area contributed by atoms with Crippen LogP contribution in [-0.4, -0.2) is 22.0 Å². The minimum atomic E-state index is -0.578. The molecule has 0 unspecified atom stereocenters. The molecule has 0 atom stereocenters. The van der Waals surface area contributed by atoms with Crippen molar-refractivity contribution < 1.29 is 14.3 Å². The summed E-state index contributed by atoms with van der Waals surface area (Å²) in [5.41, 5.74) is 1.45. The van der Waals surface area contributed by atoms with E-state index in [4.69, 9.17) is 21.1 Å². The van der Waals surface area contributed by atoms with Crippen LogP contribution in [0.15, 0.2) is 53.3 Å². The molecule has 0 aliphatic carbocycles. The highest BCUT2D eigenvalue weighted by molar-refractivity contribution is 6.32. The van der Waals surface area contributed by atoms with Gasteiger partial charge >= 0.3 is 5.97 Å². The van der Waals surface area contributed by atoms with Crippen LogP contribution in [0.25, 0.3) is 5.65 Å². The van der Waals surface area contributed by atoms with Gasteiger partial charge in [0.25, 0.3) is 5.56 Å². The molecule has 0 aliphatic heterocycles. The first-order chi connectivity index (χ1) is 12.0. The third-order valence-corrected chi connectivity index (χ3v) is 3.81. The van der Waals surface area contributed by atoms with Crippen LogP contribution >= 0.6 is 11.6 Å². The Morgan fingerprint density at radius 3 is 2.80 bits per heavy atom. The Morgan fingerprint density at radius 1 is 1.20 bits per heavy atom. The first-order valence-electron chi connectivity index (χ1n) is 7.56. The molecule has 0 N–H and O–H groups in total. The van der Waals surface area contributed by atoms with Gasteiger partial charge in [-0.3, -0.25) is 9.20 Å². The van der Waals surface area contributed by atoms with E-state index in [0.29, 0.717) is 22.1 Å². The van der Waals surface area contributed by atoms with E-state index in [1.807, 2.05) is 19.1 Å². The van der Waals surface area contributed by atoms with Crippen molar-refractivity contribution in [3.63, 3.8) is 0 Å². The highest BCUT2D eigenvalue weighted by Gasteiger charge is 2.09. The Morgan fingerprint density at radius 2 is 2.00 bits per heavy atom. The van der Waals surface area contributed by atoms with Crippen molar-refractivity contribution in [1.29, 1.82) is 0 Å². The van der Waals surface area contributed by atoms with E-state index in [-0.39, 0.29) is 18.8 Å². The summed E-state index contributed by atoms with van der Waals surface area (Å²) < 4.78 is 11.9. The van der Waals surface area contributed by atoms with Gasteiger partial charge in [-0.2, -0.15) is 0 Å². The zero-order valence-electron chi connectivity index (χ0n) is 13.4. The molecule has 0 fully saturated rings. The van der Waals surface area contributed by atoms with E-state index in [1.165, 1.54) is 10.5 Å². The summed E-state index contributed by atoms with van der Waals surface area (Å²) in [5.74, 6) is -0.176. The molecule has 0 radical (unpaired) electrons. The van der Waals surface area contributed by atoms with Crippen molar-refractivity contribution in [2.75, 3.05) is 6.61 Å². The minimum absolute atomic E-state index is 0.107. The number of pyridine rings is 1. The monoisotopic (exact) mass is 358 g/mol. The second kappa shape index (κ2) is 7.36. The SMILES string of the molecule is Cc1cccc2nc(COC(=O)COc3ccccc3Cl)cc(=O)n12. The molecule has 0 spiro atoms. The smallest absolute Gasteiger partial charge is 0.344 e. The van der Waals surface area contributed by atoms with Crippen molar-refractivity contribution in [3.8, 4) is 5.75 Å². The third kappa shape index (κ3) is 3.97. The summed E-state index contributed by atoms with van der Waals surface area (Å²) in [6.45, 7) is 1.43. The number of carbonyl (C=O) groups excluding carboxylic acids is 1. The number of halogens is 1. The van der Waals surface area contributed by atoms with Gasteiger partial charge in [0.05, 0.1) is 10.7 Å². The molecule has 1 aromatic carbocycles. The van der Waals surface area contributed by atoms with Crippen molar-refractivity contribution in [2.24, 2.45) is 0 Å². The van der Waals surface area contributed by atoms with Gasteiger partial charge in [0, 0.05) is 11.8 Å². The summed E-state index contributed by atoms with van der Waals surface area (Å²) in [5, 5.41) is 0.412. The fourth-order valence-electron chi connectivity index (χ4n) is 2.33. The normalized spacial score (nSPS) is 10.6. The molecule has 25 heavy (non-hydrogen) atoms. The molecule has 6 nitrogen and oxygen atoms in total. The minimum Gasteiger partial charge on any atom is -0.480 e. The van der Waals surface area contributed by atoms with Crippen LogP contribution in [0.4, 0.5) is 0 Å². The van der Waals surface area contributed by atoms with Crippen molar-refractivity contribution in [2.45, 2.75) is 13.5 Å². The summed E-state index contributed by atoms with van der Waals surface area (Å²) in [6, 6.07) is 13.5. The van der Waals surface area contributed by atoms with Crippen LogP contribution in [0.2, 0.25) is 5.02 Å². The van der Waals surface area contributed by atoms with Gasteiger partial charge in [-0.05, 0) is 31.2 Å². The number of nitrogens with zero attached hydrogens (tertiary/aromatic N) is 2. The fraction of sp³-hybridized carbons (Fsp3) is 0.167. The zero-order valence-corrected chi connectivity index (χ0v) is 14.2. The maximum absolute atomic E-state index is 12.2. The lowest BCUT2D eigenvalue weighted by atomic mass is 10.3. The third-order valence-electron chi connectivity index (χ3n) is 3.50. The molecule has 7 heteroatoms. The number of carbonyl (C=O) groups is 1. The Bertz CT molecular complexity index is 984. The van der Waals surface area contributed by atoms with Crippen LogP contribution in [0.1, 0.15) is 11.4 Å². The van der Waals surface area contributed by atoms with Crippen molar-refractivity contribution in [1.82, 2.24) is 9.38 Å². The standard InChI is InChI=1S/C18H15ClN2O4/c1-12-5-4-8-16-20-13(9-17(22)21(12)16)10-25-18(23)11-24-15-7-3-2-6-14(15)19/h2-9H,10-11H2,1H3. The van der Waals surface area contributed by atoms with Gasteiger partial charge < -0.3 is 9.47 Å². The van der Waals surface area contributed by atoms with Gasteiger partial charge in [-0.25, -0.2) is 9.78 Å². The summed E-state index contributed by atoms with van der Waals surface area (Å²) in [7, 11) is 0. The number of para-hydroxylation sites is 1. The van der Waals surface area contributed by atoms with E-state index < -0.39 is 5.97 Å². The molecule has 0 bridgehead atoms. The predicted molar refractivity (Wildman–Crippen MR) is 92.9 cm³/mol. The zero-order chi connectivity index (χ0) is 17.8. The Kier molecular flexibility index (Phi) is 5.00. The van der Waals surface area contributed by atoms with E-state index in [2.05, 4.69) is 4.98 Å². The lowest BCUT2D eigenvalue weighted by Crippen LogP contribution is -2.19. The largest absolute Gasteiger partial charge is 0.480 e. The Hall–Kier alpha value is -2.86. The highest BCUT2D eigenvalue weighted by atomic mass is 35.5. The van der Waals surface area contributed by atoms with Gasteiger partial charge in [0.1, 0.15) is 18.0 Å². The average molecular weight is 359 g/mol. The number of hydrogen-bond acceptors (Lipinski definition) is 5. The first kappa shape index (κ1) is 17.0. The number of ether oxygens (including phenoxy) is 2. The van der Waals surface area contributed by atoms with Gasteiger partial charge in [-0.15, -0.1) is 0 Å². The molecule has 3 aromatic rings. The van der Waals surface area contributed by atoms with Crippen LogP contribution in [0, 0.1) is 6.92 Å². The number of aromatic nitrogens is 2. The quantitative estimate of drug-likeness (QED) is 0.656. The molecule has 0 saturated carbocycles. The van der Waals surface area contributed by atoms with E-state index in [0.717, 1.165) is 5.69 Å². The number of rotatable bonds is 5. The van der Waals surface area contributed by atoms with Crippen LogP contribution in [0.5, 0.6) is 5.75 Å². The summed E-state index contributed by atoms with van der Waals surface area (Å²) >= 11 is 5.94. The molecule has 2 aromatic heterocycles. The number of benzene rings is 1. The van der Waals surface area contributed by atoms with Crippen LogP contribution in [0.3, 0.4) is 0 Å². The fourth-order valence-corrected chi connectivity index (χ4v) is 2.52. The van der Waals surface area contributed by atoms with Gasteiger partial charge in [0.15, 0.2) is 6.61 Å². The lowest BCUT2D eigenvalue weighted by Gasteiger charge is -2.09. The molecule has 2 heterocycles. The molecule has 0 amide bonds. The molecule has 0 aliphatic rings. The number of esters is 1. The van der Waals surface area contributed by atoms with E-state index in [9.17, 15) is 9.59 Å². The molecular formula is C18H15ClN2O4. The maximum Gasteiger partial charge on any atom is 0.344 e. The van der Waals surface area contributed by atoms with E-state index >= 15 is 0 Å². The molecular weight excluding hydrogens is 344 g/mol. The van der Waals surface area contributed by atoms with Crippen LogP contribution < -0.4 is 10.3 Å². The van der Waals surface area contributed by atoms with Gasteiger partial charge in [0.2, 0.25) is 0 Å². The van der Waals surface area contributed by atoms with Crippen molar-refractivity contribution >= 4 is 23.2 Å². The highest BCUT2D eigenvalue weighted by Crippen LogP contribution is 2.22. The predicted octanol–water partition coefficient (Wildman–Crippen LogP) is 2.78. The summed E-state index contributed by atoms with van der Waals surface area (Å²) in [4.78, 5) is 28.3. The topological polar surface area (TPSA) is 69.9 Å². The average Bonchev–Trinajstić information content (AvgIpc) is 2.59. The van der Waals surface area contributed by atoms with Gasteiger partial charge in [-0.1, -0.05) is 29.8 Å². The Labute approximate surface area is 148 Å². The number of aryl methyl sites for hydroxylation is 1. The van der Waals surface area contributed by atoms with Crippen molar-refractivity contribution in [3.05, 3.63) is 75.3 Å². The molecule has 3 rings (SSSR count). The van der Waals surface area contributed by atoms with Crippen LogP contribution in [-0.2, 0) is 16.1 Å². The second-order valence-electron chi connectivity index (χ2n) is 5.33. The first-order valence-corrected chi connectivity index (χ1v) is 7.93. The second-order valence-corrected chi connectivity index (χ2v) is 5.73. The summed E-state index contributed by atoms with van der Waals surface area (Å²) in [6.07, 6.45) is 0. The lowest BCUT2D eigenvalue weighted by molar-refractivity contribution is -0.147.